The zero-order valence-corrected chi connectivity index (χ0v) is 15.7. The Bertz CT molecular complexity index is 1280. The summed E-state index contributed by atoms with van der Waals surface area (Å²) in [6, 6.07) is 15.4. The maximum absolute atomic E-state index is 14.8. The largest absolute Gasteiger partial charge is 0.496 e. The quantitative estimate of drug-likeness (QED) is 0.463. The van der Waals surface area contributed by atoms with Gasteiger partial charge in [0.15, 0.2) is 0 Å². The lowest BCUT2D eigenvalue weighted by molar-refractivity contribution is 0.412. The van der Waals surface area contributed by atoms with Gasteiger partial charge in [0.1, 0.15) is 11.6 Å². The summed E-state index contributed by atoms with van der Waals surface area (Å²) in [5.41, 5.74) is 14.8. The molecule has 0 fully saturated rings. The first-order valence-electron chi connectivity index (χ1n) is 8.96. The summed E-state index contributed by atoms with van der Waals surface area (Å²) in [5.74, 6) is -0.0409. The van der Waals surface area contributed by atoms with Crippen molar-refractivity contribution in [2.75, 3.05) is 18.6 Å². The summed E-state index contributed by atoms with van der Waals surface area (Å²) in [4.78, 5) is 12.0. The number of anilines is 2. The highest BCUT2D eigenvalue weighted by atomic mass is 19.1. The highest BCUT2D eigenvalue weighted by molar-refractivity contribution is 5.84. The van der Waals surface area contributed by atoms with Gasteiger partial charge in [0.25, 0.3) is 5.56 Å². The number of hydrogen-bond acceptors (Lipinski definition) is 5. The number of nitrogens with one attached hydrogen (secondary N) is 1. The molecule has 4 rings (SSSR count). The lowest BCUT2D eigenvalue weighted by Gasteiger charge is -2.14. The van der Waals surface area contributed by atoms with Crippen molar-refractivity contribution in [3.05, 3.63) is 82.0 Å². The van der Waals surface area contributed by atoms with Crippen LogP contribution in [0.5, 0.6) is 5.75 Å². The third kappa shape index (κ3) is 3.38. The Balaban J connectivity index is 1.84. The molecule has 0 aliphatic rings. The molecule has 29 heavy (non-hydrogen) atoms. The van der Waals surface area contributed by atoms with E-state index in [2.05, 4.69) is 10.2 Å². The number of aromatic nitrogens is 2. The zero-order chi connectivity index (χ0) is 20.5. The number of H-pyrrole nitrogens is 1. The third-order valence-electron chi connectivity index (χ3n) is 4.90. The fourth-order valence-corrected chi connectivity index (χ4v) is 3.36. The molecule has 1 heterocycles. The Kier molecular flexibility index (Phi) is 4.64. The van der Waals surface area contributed by atoms with E-state index in [4.69, 9.17) is 16.2 Å². The lowest BCUT2D eigenvalue weighted by Crippen LogP contribution is -2.11. The lowest BCUT2D eigenvalue weighted by atomic mass is 9.97. The van der Waals surface area contributed by atoms with Crippen LogP contribution in [0.2, 0.25) is 0 Å². The van der Waals surface area contributed by atoms with E-state index in [9.17, 15) is 9.18 Å². The van der Waals surface area contributed by atoms with Gasteiger partial charge in [-0.15, -0.1) is 0 Å². The molecule has 5 N–H and O–H groups in total. The molecule has 0 saturated heterocycles. The number of rotatable bonds is 4. The van der Waals surface area contributed by atoms with Gasteiger partial charge >= 0.3 is 0 Å². The van der Waals surface area contributed by atoms with E-state index in [0.29, 0.717) is 44.7 Å². The highest BCUT2D eigenvalue weighted by Gasteiger charge is 2.15. The Morgan fingerprint density at radius 3 is 2.52 bits per heavy atom. The molecule has 0 radical (unpaired) electrons. The van der Waals surface area contributed by atoms with Crippen LogP contribution in [0.15, 0.2) is 59.4 Å². The van der Waals surface area contributed by atoms with Crippen molar-refractivity contribution >= 4 is 22.1 Å². The number of nitrogens with zero attached hydrogens (tertiary/aromatic N) is 1. The van der Waals surface area contributed by atoms with Crippen molar-refractivity contribution in [1.29, 1.82) is 0 Å². The van der Waals surface area contributed by atoms with Crippen molar-refractivity contribution in [3.63, 3.8) is 0 Å². The molecule has 4 aromatic rings. The molecule has 0 unspecified atom stereocenters. The number of benzene rings is 3. The second-order valence-electron chi connectivity index (χ2n) is 6.71. The van der Waals surface area contributed by atoms with E-state index >= 15 is 0 Å². The molecule has 1 aromatic heterocycles. The second kappa shape index (κ2) is 7.27. The fourth-order valence-electron chi connectivity index (χ4n) is 3.36. The van der Waals surface area contributed by atoms with Gasteiger partial charge in [0.2, 0.25) is 0 Å². The Morgan fingerprint density at radius 2 is 1.79 bits per heavy atom. The van der Waals surface area contributed by atoms with Gasteiger partial charge in [-0.25, -0.2) is 9.49 Å². The van der Waals surface area contributed by atoms with Crippen LogP contribution in [0.1, 0.15) is 11.3 Å². The predicted molar refractivity (Wildman–Crippen MR) is 112 cm³/mol. The van der Waals surface area contributed by atoms with Crippen molar-refractivity contribution in [2.45, 2.75) is 6.42 Å². The summed E-state index contributed by atoms with van der Waals surface area (Å²) in [7, 11) is 1.48. The molecular weight excluding hydrogens is 371 g/mol. The number of nitrogens with two attached hydrogens (primary N) is 2. The normalized spacial score (nSPS) is 11.0. The molecule has 6 nitrogen and oxygen atoms in total. The average molecular weight is 390 g/mol. The molecule has 0 spiro atoms. The van der Waals surface area contributed by atoms with Gasteiger partial charge in [0.05, 0.1) is 29.6 Å². The first kappa shape index (κ1) is 18.5. The summed E-state index contributed by atoms with van der Waals surface area (Å²) in [6.07, 6.45) is 0.199. The number of nitrogen functional groups attached to an aromatic ring is 2. The Labute approximate surface area is 165 Å². The van der Waals surface area contributed by atoms with Crippen LogP contribution in [0.3, 0.4) is 0 Å². The van der Waals surface area contributed by atoms with E-state index in [-0.39, 0.29) is 12.0 Å². The number of hydrogen-bond donors (Lipinski definition) is 3. The third-order valence-corrected chi connectivity index (χ3v) is 4.90. The van der Waals surface area contributed by atoms with E-state index in [0.717, 1.165) is 5.56 Å². The number of aromatic amines is 1. The molecular formula is C22H19FN4O2. The fraction of sp³-hybridized carbons (Fsp3) is 0.0909. The van der Waals surface area contributed by atoms with Crippen LogP contribution < -0.4 is 21.8 Å². The van der Waals surface area contributed by atoms with E-state index in [1.807, 2.05) is 6.07 Å². The van der Waals surface area contributed by atoms with E-state index in [1.165, 1.54) is 13.2 Å². The summed E-state index contributed by atoms with van der Waals surface area (Å²) >= 11 is 0. The van der Waals surface area contributed by atoms with Crippen LogP contribution in [0.25, 0.3) is 21.9 Å². The number of halogens is 1. The monoisotopic (exact) mass is 390 g/mol. The average Bonchev–Trinajstić information content (AvgIpc) is 2.73. The molecule has 146 valence electrons. The summed E-state index contributed by atoms with van der Waals surface area (Å²) < 4.78 is 20.2. The van der Waals surface area contributed by atoms with Gasteiger partial charge in [-0.2, -0.15) is 5.10 Å². The molecule has 0 saturated carbocycles. The Morgan fingerprint density at radius 1 is 1.03 bits per heavy atom. The van der Waals surface area contributed by atoms with E-state index < -0.39 is 5.82 Å². The maximum Gasteiger partial charge on any atom is 0.272 e. The molecule has 0 aliphatic heterocycles. The molecule has 0 amide bonds. The van der Waals surface area contributed by atoms with Crippen molar-refractivity contribution in [3.8, 4) is 16.9 Å². The van der Waals surface area contributed by atoms with Crippen LogP contribution in [-0.4, -0.2) is 17.3 Å². The van der Waals surface area contributed by atoms with Gasteiger partial charge in [-0.3, -0.25) is 4.79 Å². The SMILES string of the molecule is COc1cc(F)c(Cc2n[nH]c(=O)c3ccccc23)cc1-c1ccc(N)c(N)c1. The van der Waals surface area contributed by atoms with Crippen LogP contribution >= 0.6 is 0 Å². The van der Waals surface area contributed by atoms with Gasteiger partial charge in [0, 0.05) is 23.4 Å². The van der Waals surface area contributed by atoms with Gasteiger partial charge < -0.3 is 16.2 Å². The van der Waals surface area contributed by atoms with Crippen molar-refractivity contribution in [1.82, 2.24) is 10.2 Å². The molecule has 0 atom stereocenters. The number of ether oxygens (including phenoxy) is 1. The number of fused-ring (bicyclic) bond motifs is 1. The first-order valence-corrected chi connectivity index (χ1v) is 8.96. The predicted octanol–water partition coefficient (Wildman–Crippen LogP) is 3.49. The maximum atomic E-state index is 14.8. The first-order chi connectivity index (χ1) is 14.0. The van der Waals surface area contributed by atoms with Crippen LogP contribution in [0, 0.1) is 5.82 Å². The van der Waals surface area contributed by atoms with Crippen LogP contribution in [0.4, 0.5) is 15.8 Å². The van der Waals surface area contributed by atoms with Crippen molar-refractivity contribution < 1.29 is 9.13 Å². The minimum absolute atomic E-state index is 0.199. The standard InChI is InChI=1S/C22H19FN4O2/c1-29-21-11-17(23)13(8-16(21)12-6-7-18(24)19(25)9-12)10-20-14-4-2-3-5-15(14)22(28)27-26-20/h2-9,11H,10,24-25H2,1H3,(H,27,28). The summed E-state index contributed by atoms with van der Waals surface area (Å²) in [5, 5.41) is 7.82. The van der Waals surface area contributed by atoms with Gasteiger partial charge in [-0.05, 0) is 35.4 Å². The summed E-state index contributed by atoms with van der Waals surface area (Å²) in [6.45, 7) is 0. The molecule has 0 aliphatic carbocycles. The topological polar surface area (TPSA) is 107 Å². The van der Waals surface area contributed by atoms with Gasteiger partial charge in [-0.1, -0.05) is 24.3 Å². The smallest absolute Gasteiger partial charge is 0.272 e. The minimum Gasteiger partial charge on any atom is -0.496 e. The molecule has 3 aromatic carbocycles. The van der Waals surface area contributed by atoms with Crippen LogP contribution in [-0.2, 0) is 6.42 Å². The second-order valence-corrected chi connectivity index (χ2v) is 6.71. The van der Waals surface area contributed by atoms with E-state index in [1.54, 1.807) is 42.5 Å². The zero-order valence-electron chi connectivity index (χ0n) is 15.7. The van der Waals surface area contributed by atoms with Crippen molar-refractivity contribution in [2.24, 2.45) is 0 Å². The molecule has 0 bridgehead atoms. The minimum atomic E-state index is -0.425. The molecule has 7 heteroatoms. The Hall–Kier alpha value is -3.87. The number of methoxy groups -OCH3 is 1. The highest BCUT2D eigenvalue weighted by Crippen LogP contribution is 2.35.